The van der Waals surface area contributed by atoms with Gasteiger partial charge >= 0.3 is 0 Å². The number of aromatic nitrogens is 3. The minimum atomic E-state index is -0.479. The number of pyridine rings is 1. The second-order valence-corrected chi connectivity index (χ2v) is 7.03. The first-order chi connectivity index (χ1) is 12.1. The van der Waals surface area contributed by atoms with Crippen LogP contribution in [0.2, 0.25) is 0 Å². The number of rotatable bonds is 7. The van der Waals surface area contributed by atoms with E-state index in [1.54, 1.807) is 13.2 Å². The molecular weight excluding hydrogens is 362 g/mol. The Kier molecular flexibility index (Phi) is 5.41. The van der Waals surface area contributed by atoms with E-state index in [9.17, 15) is 10.1 Å². The molecule has 128 valence electrons. The minimum absolute atomic E-state index is 0.0385. The van der Waals surface area contributed by atoms with E-state index in [0.29, 0.717) is 21.0 Å². The van der Waals surface area contributed by atoms with E-state index in [2.05, 4.69) is 20.5 Å². The standard InChI is InChI=1S/C15H13N5O3S2/c1-23-12-5-2-10(3-6-12)8-17-14-18-19-15(25-14)24-13-7-4-11(9-16-13)20(21)22/h2-7,9H,8H2,1H3,(H,17,18). The number of anilines is 1. The monoisotopic (exact) mass is 375 g/mol. The summed E-state index contributed by atoms with van der Waals surface area (Å²) in [4.78, 5) is 14.2. The topological polar surface area (TPSA) is 103 Å². The zero-order valence-electron chi connectivity index (χ0n) is 13.1. The van der Waals surface area contributed by atoms with Crippen molar-refractivity contribution in [1.82, 2.24) is 15.2 Å². The molecule has 0 saturated heterocycles. The predicted octanol–water partition coefficient (Wildman–Crippen LogP) is 3.61. The van der Waals surface area contributed by atoms with Gasteiger partial charge in [0.15, 0.2) is 4.34 Å². The highest BCUT2D eigenvalue weighted by molar-refractivity contribution is 8.01. The molecule has 0 unspecified atom stereocenters. The van der Waals surface area contributed by atoms with Crippen LogP contribution >= 0.6 is 23.1 Å². The smallest absolute Gasteiger partial charge is 0.287 e. The van der Waals surface area contributed by atoms with E-state index in [4.69, 9.17) is 4.74 Å². The van der Waals surface area contributed by atoms with Crippen LogP contribution in [-0.4, -0.2) is 27.2 Å². The molecule has 0 atom stereocenters. The first-order valence-electron chi connectivity index (χ1n) is 7.12. The third-order valence-electron chi connectivity index (χ3n) is 3.13. The van der Waals surface area contributed by atoms with Gasteiger partial charge in [-0.25, -0.2) is 4.98 Å². The van der Waals surface area contributed by atoms with Gasteiger partial charge in [-0.1, -0.05) is 23.5 Å². The molecule has 0 spiro atoms. The molecule has 0 saturated carbocycles. The van der Waals surface area contributed by atoms with Gasteiger partial charge in [-0.15, -0.1) is 10.2 Å². The summed E-state index contributed by atoms with van der Waals surface area (Å²) in [5.41, 5.74) is 1.06. The zero-order chi connectivity index (χ0) is 17.6. The van der Waals surface area contributed by atoms with E-state index in [0.717, 1.165) is 11.3 Å². The lowest BCUT2D eigenvalue weighted by Gasteiger charge is -2.03. The van der Waals surface area contributed by atoms with Crippen LogP contribution in [-0.2, 0) is 6.54 Å². The fraction of sp³-hybridized carbons (Fsp3) is 0.133. The van der Waals surface area contributed by atoms with Crippen molar-refractivity contribution in [2.24, 2.45) is 0 Å². The fourth-order valence-corrected chi connectivity index (χ4v) is 3.51. The number of hydrogen-bond donors (Lipinski definition) is 1. The molecule has 25 heavy (non-hydrogen) atoms. The molecular formula is C15H13N5O3S2. The van der Waals surface area contributed by atoms with Crippen molar-refractivity contribution in [2.75, 3.05) is 12.4 Å². The summed E-state index contributed by atoms with van der Waals surface area (Å²) in [7, 11) is 1.63. The number of nitro groups is 1. The van der Waals surface area contributed by atoms with Crippen molar-refractivity contribution >= 4 is 33.9 Å². The maximum Gasteiger partial charge on any atom is 0.287 e. The summed E-state index contributed by atoms with van der Waals surface area (Å²) in [5.74, 6) is 0.814. The van der Waals surface area contributed by atoms with Crippen molar-refractivity contribution in [2.45, 2.75) is 15.9 Å². The molecule has 3 aromatic rings. The van der Waals surface area contributed by atoms with Crippen LogP contribution in [0.5, 0.6) is 5.75 Å². The van der Waals surface area contributed by atoms with E-state index in [1.165, 1.54) is 35.4 Å². The number of benzene rings is 1. The Morgan fingerprint density at radius 1 is 1.24 bits per heavy atom. The van der Waals surface area contributed by atoms with Gasteiger partial charge in [0.2, 0.25) is 5.13 Å². The van der Waals surface area contributed by atoms with Crippen LogP contribution in [0.3, 0.4) is 0 Å². The molecule has 0 aliphatic carbocycles. The van der Waals surface area contributed by atoms with Crippen LogP contribution < -0.4 is 10.1 Å². The molecule has 0 amide bonds. The van der Waals surface area contributed by atoms with Crippen LogP contribution in [0.25, 0.3) is 0 Å². The predicted molar refractivity (Wildman–Crippen MR) is 95.2 cm³/mol. The lowest BCUT2D eigenvalue weighted by molar-refractivity contribution is -0.385. The van der Waals surface area contributed by atoms with Gasteiger partial charge in [0.1, 0.15) is 17.0 Å². The average molecular weight is 375 g/mol. The summed E-state index contributed by atoms with van der Waals surface area (Å²) in [6, 6.07) is 10.8. The van der Waals surface area contributed by atoms with Crippen molar-refractivity contribution in [3.8, 4) is 5.75 Å². The van der Waals surface area contributed by atoms with Crippen molar-refractivity contribution in [1.29, 1.82) is 0 Å². The molecule has 8 nitrogen and oxygen atoms in total. The molecule has 10 heteroatoms. The van der Waals surface area contributed by atoms with Gasteiger partial charge in [0.25, 0.3) is 5.69 Å². The summed E-state index contributed by atoms with van der Waals surface area (Å²) in [5, 5.41) is 23.3. The highest BCUT2D eigenvalue weighted by Crippen LogP contribution is 2.31. The van der Waals surface area contributed by atoms with Crippen LogP contribution in [0.1, 0.15) is 5.56 Å². The summed E-state index contributed by atoms with van der Waals surface area (Å²) < 4.78 is 5.83. The summed E-state index contributed by atoms with van der Waals surface area (Å²) in [6.07, 6.45) is 1.23. The number of ether oxygens (including phenoxy) is 1. The van der Waals surface area contributed by atoms with Gasteiger partial charge in [0.05, 0.1) is 12.0 Å². The highest BCUT2D eigenvalue weighted by Gasteiger charge is 2.09. The lowest BCUT2D eigenvalue weighted by Crippen LogP contribution is -1.98. The van der Waals surface area contributed by atoms with Crippen LogP contribution in [0, 0.1) is 10.1 Å². The normalized spacial score (nSPS) is 10.4. The molecule has 0 aliphatic rings. The van der Waals surface area contributed by atoms with Crippen molar-refractivity contribution in [3.05, 3.63) is 58.3 Å². The largest absolute Gasteiger partial charge is 0.497 e. The third kappa shape index (κ3) is 4.64. The van der Waals surface area contributed by atoms with Gasteiger partial charge < -0.3 is 10.1 Å². The molecule has 3 rings (SSSR count). The van der Waals surface area contributed by atoms with Crippen molar-refractivity contribution < 1.29 is 9.66 Å². The SMILES string of the molecule is COc1ccc(CNc2nnc(Sc3ccc([N+](=O)[O-])cn3)s2)cc1. The van der Waals surface area contributed by atoms with E-state index >= 15 is 0 Å². The Morgan fingerprint density at radius 2 is 2.04 bits per heavy atom. The van der Waals surface area contributed by atoms with Gasteiger partial charge in [0, 0.05) is 12.6 Å². The van der Waals surface area contributed by atoms with E-state index in [1.807, 2.05) is 24.3 Å². The molecule has 2 heterocycles. The number of nitrogens with zero attached hydrogens (tertiary/aromatic N) is 4. The second-order valence-electron chi connectivity index (χ2n) is 4.79. The molecule has 0 radical (unpaired) electrons. The molecule has 1 aromatic carbocycles. The number of methoxy groups -OCH3 is 1. The average Bonchev–Trinajstić information content (AvgIpc) is 3.08. The van der Waals surface area contributed by atoms with E-state index in [-0.39, 0.29) is 5.69 Å². The first kappa shape index (κ1) is 17.1. The Balaban J connectivity index is 1.57. The van der Waals surface area contributed by atoms with Gasteiger partial charge in [-0.3, -0.25) is 10.1 Å². The van der Waals surface area contributed by atoms with Gasteiger partial charge in [-0.2, -0.15) is 0 Å². The Labute approximate surface area is 151 Å². The zero-order valence-corrected chi connectivity index (χ0v) is 14.7. The first-order valence-corrected chi connectivity index (χ1v) is 8.76. The lowest BCUT2D eigenvalue weighted by atomic mass is 10.2. The summed E-state index contributed by atoms with van der Waals surface area (Å²) in [6.45, 7) is 0.624. The number of nitrogens with one attached hydrogen (secondary N) is 1. The summed E-state index contributed by atoms with van der Waals surface area (Å²) >= 11 is 2.71. The highest BCUT2D eigenvalue weighted by atomic mass is 32.2. The minimum Gasteiger partial charge on any atom is -0.497 e. The van der Waals surface area contributed by atoms with Crippen molar-refractivity contribution in [3.63, 3.8) is 0 Å². The van der Waals surface area contributed by atoms with Crippen LogP contribution in [0.4, 0.5) is 10.8 Å². The molecule has 0 bridgehead atoms. The molecule has 2 aromatic heterocycles. The second kappa shape index (κ2) is 7.90. The van der Waals surface area contributed by atoms with Gasteiger partial charge in [-0.05, 0) is 35.5 Å². The van der Waals surface area contributed by atoms with Crippen LogP contribution in [0.15, 0.2) is 52.0 Å². The molecule has 1 N–H and O–H groups in total. The fourth-order valence-electron chi connectivity index (χ4n) is 1.87. The maximum atomic E-state index is 10.6. The Bertz CT molecular complexity index is 852. The van der Waals surface area contributed by atoms with E-state index < -0.39 is 4.92 Å². The Hall–Kier alpha value is -2.72. The molecule has 0 fully saturated rings. The number of hydrogen-bond acceptors (Lipinski definition) is 9. The Morgan fingerprint density at radius 3 is 2.68 bits per heavy atom. The quantitative estimate of drug-likeness (QED) is 0.493. The molecule has 0 aliphatic heterocycles. The maximum absolute atomic E-state index is 10.6. The third-order valence-corrected chi connectivity index (χ3v) is 5.02.